The van der Waals surface area contributed by atoms with E-state index in [-0.39, 0.29) is 15.9 Å². The molecular formula is C14H17ClFNO3S. The Morgan fingerprint density at radius 2 is 2.10 bits per heavy atom. The van der Waals surface area contributed by atoms with E-state index in [0.29, 0.717) is 6.54 Å². The third kappa shape index (κ3) is 3.95. The Morgan fingerprint density at radius 1 is 1.43 bits per heavy atom. The molecule has 1 fully saturated rings. The quantitative estimate of drug-likeness (QED) is 0.814. The number of benzene rings is 1. The zero-order valence-corrected chi connectivity index (χ0v) is 13.2. The second-order valence-corrected chi connectivity index (χ2v) is 8.08. The number of hydrogen-bond acceptors (Lipinski definition) is 3. The minimum atomic E-state index is -4.00. The topological polar surface area (TPSA) is 63.2 Å². The summed E-state index contributed by atoms with van der Waals surface area (Å²) in [6.07, 6.45) is 4.24. The Bertz CT molecular complexity index is 656. The van der Waals surface area contributed by atoms with Crippen LogP contribution in [0.5, 0.6) is 0 Å². The average molecular weight is 334 g/mol. The van der Waals surface area contributed by atoms with E-state index in [4.69, 9.17) is 10.7 Å². The van der Waals surface area contributed by atoms with Crippen molar-refractivity contribution in [2.24, 2.45) is 5.41 Å². The Labute approximate surface area is 128 Å². The molecule has 1 aromatic rings. The highest BCUT2D eigenvalue weighted by Crippen LogP contribution is 2.48. The summed E-state index contributed by atoms with van der Waals surface area (Å²) in [5.74, 6) is -1.43. The molecule has 2 rings (SSSR count). The van der Waals surface area contributed by atoms with Gasteiger partial charge in [-0.3, -0.25) is 4.79 Å². The maximum Gasteiger partial charge on any atom is 0.261 e. The summed E-state index contributed by atoms with van der Waals surface area (Å²) in [4.78, 5) is 11.6. The van der Waals surface area contributed by atoms with E-state index in [9.17, 15) is 17.6 Å². The van der Waals surface area contributed by atoms with E-state index in [1.165, 1.54) is 0 Å². The summed E-state index contributed by atoms with van der Waals surface area (Å²) < 4.78 is 36.0. The largest absolute Gasteiger partial charge is 0.351 e. The number of nitrogens with one attached hydrogen (secondary N) is 1. The molecule has 1 amide bonds. The van der Waals surface area contributed by atoms with Gasteiger partial charge in [0.2, 0.25) is 0 Å². The molecule has 116 valence electrons. The van der Waals surface area contributed by atoms with Crippen molar-refractivity contribution >= 4 is 25.6 Å². The standard InChI is InChI=1S/C14H17ClFNO3S/c1-2-5-14(6-7-14)9-17-13(18)11-4-3-10(8-12(11)16)21(15,19)20/h3-4,8H,2,5-7,9H2,1H3,(H,17,18). The van der Waals surface area contributed by atoms with E-state index >= 15 is 0 Å². The number of halogens is 2. The summed E-state index contributed by atoms with van der Waals surface area (Å²) in [5.41, 5.74) is -0.00769. The lowest BCUT2D eigenvalue weighted by Gasteiger charge is -2.15. The second-order valence-electron chi connectivity index (χ2n) is 5.51. The van der Waals surface area contributed by atoms with Crippen molar-refractivity contribution in [1.29, 1.82) is 0 Å². The molecule has 0 aromatic heterocycles. The van der Waals surface area contributed by atoms with Crippen LogP contribution in [-0.2, 0) is 9.05 Å². The van der Waals surface area contributed by atoms with Gasteiger partial charge >= 0.3 is 0 Å². The molecule has 0 radical (unpaired) electrons. The van der Waals surface area contributed by atoms with Crippen molar-refractivity contribution in [2.75, 3.05) is 6.54 Å². The van der Waals surface area contributed by atoms with Crippen LogP contribution in [0.3, 0.4) is 0 Å². The first-order valence-corrected chi connectivity index (χ1v) is 9.11. The molecule has 1 aliphatic carbocycles. The van der Waals surface area contributed by atoms with Crippen molar-refractivity contribution in [3.63, 3.8) is 0 Å². The molecule has 1 aromatic carbocycles. The fourth-order valence-corrected chi connectivity index (χ4v) is 3.18. The van der Waals surface area contributed by atoms with E-state index in [2.05, 4.69) is 12.2 Å². The highest BCUT2D eigenvalue weighted by Gasteiger charge is 2.41. The van der Waals surface area contributed by atoms with Crippen LogP contribution in [0.15, 0.2) is 23.1 Å². The number of amides is 1. The van der Waals surface area contributed by atoms with Gasteiger partial charge in [0, 0.05) is 17.2 Å². The molecule has 7 heteroatoms. The monoisotopic (exact) mass is 333 g/mol. The third-order valence-corrected chi connectivity index (χ3v) is 5.18. The molecule has 0 bridgehead atoms. The highest BCUT2D eigenvalue weighted by molar-refractivity contribution is 8.13. The summed E-state index contributed by atoms with van der Waals surface area (Å²) in [6.45, 7) is 2.61. The van der Waals surface area contributed by atoms with Gasteiger partial charge < -0.3 is 5.32 Å². The first-order chi connectivity index (χ1) is 9.77. The van der Waals surface area contributed by atoms with Crippen LogP contribution >= 0.6 is 10.7 Å². The van der Waals surface area contributed by atoms with Gasteiger partial charge in [-0.15, -0.1) is 0 Å². The minimum absolute atomic E-state index is 0.167. The molecule has 0 aliphatic heterocycles. The molecule has 0 atom stereocenters. The normalized spacial score (nSPS) is 16.5. The van der Waals surface area contributed by atoms with Gasteiger partial charge in [-0.25, -0.2) is 12.8 Å². The van der Waals surface area contributed by atoms with Gasteiger partial charge in [-0.05, 0) is 42.9 Å². The fraction of sp³-hybridized carbons (Fsp3) is 0.500. The molecule has 21 heavy (non-hydrogen) atoms. The Morgan fingerprint density at radius 3 is 2.57 bits per heavy atom. The molecule has 0 heterocycles. The number of carbonyl (C=O) groups is 1. The predicted molar refractivity (Wildman–Crippen MR) is 78.3 cm³/mol. The molecule has 1 saturated carbocycles. The van der Waals surface area contributed by atoms with E-state index < -0.39 is 20.8 Å². The zero-order valence-electron chi connectivity index (χ0n) is 11.7. The molecule has 1 N–H and O–H groups in total. The Balaban J connectivity index is 2.06. The lowest BCUT2D eigenvalue weighted by molar-refractivity contribution is 0.0939. The fourth-order valence-electron chi connectivity index (χ4n) is 2.42. The van der Waals surface area contributed by atoms with Gasteiger partial charge in [0.25, 0.3) is 15.0 Å². The van der Waals surface area contributed by atoms with Gasteiger partial charge in [0.15, 0.2) is 0 Å². The summed E-state index contributed by atoms with van der Waals surface area (Å²) in [6, 6.07) is 3.02. The lowest BCUT2D eigenvalue weighted by Crippen LogP contribution is -2.30. The second kappa shape index (κ2) is 5.93. The van der Waals surface area contributed by atoms with Gasteiger partial charge in [0.1, 0.15) is 5.82 Å². The third-order valence-electron chi connectivity index (χ3n) is 3.83. The molecule has 1 aliphatic rings. The molecule has 0 spiro atoms. The van der Waals surface area contributed by atoms with Crippen LogP contribution < -0.4 is 5.32 Å². The van der Waals surface area contributed by atoms with Crippen molar-refractivity contribution < 1.29 is 17.6 Å². The predicted octanol–water partition coefficient (Wildman–Crippen LogP) is 3.06. The van der Waals surface area contributed by atoms with E-state index in [1.54, 1.807) is 0 Å². The molecule has 4 nitrogen and oxygen atoms in total. The highest BCUT2D eigenvalue weighted by atomic mass is 35.7. The van der Waals surface area contributed by atoms with E-state index in [0.717, 1.165) is 43.9 Å². The van der Waals surface area contributed by atoms with Crippen LogP contribution in [0.4, 0.5) is 4.39 Å². The average Bonchev–Trinajstić information content (AvgIpc) is 3.15. The van der Waals surface area contributed by atoms with Crippen LogP contribution in [-0.4, -0.2) is 20.9 Å². The van der Waals surface area contributed by atoms with Crippen LogP contribution in [0.25, 0.3) is 0 Å². The Kier molecular flexibility index (Phi) is 4.58. The van der Waals surface area contributed by atoms with E-state index in [1.807, 2.05) is 0 Å². The van der Waals surface area contributed by atoms with Crippen molar-refractivity contribution in [2.45, 2.75) is 37.5 Å². The summed E-state index contributed by atoms with van der Waals surface area (Å²) >= 11 is 0. The van der Waals surface area contributed by atoms with Crippen LogP contribution in [0.2, 0.25) is 0 Å². The summed E-state index contributed by atoms with van der Waals surface area (Å²) in [7, 11) is 1.13. The van der Waals surface area contributed by atoms with Crippen molar-refractivity contribution in [3.05, 3.63) is 29.6 Å². The first-order valence-electron chi connectivity index (χ1n) is 6.80. The smallest absolute Gasteiger partial charge is 0.261 e. The van der Waals surface area contributed by atoms with Crippen LogP contribution in [0, 0.1) is 11.2 Å². The molecule has 0 saturated heterocycles. The van der Waals surface area contributed by atoms with Gasteiger partial charge in [0.05, 0.1) is 10.5 Å². The SMILES string of the molecule is CCCC1(CNC(=O)c2ccc(S(=O)(=O)Cl)cc2F)CC1. The Hall–Kier alpha value is -1.14. The molecule has 0 unspecified atom stereocenters. The van der Waals surface area contributed by atoms with Crippen molar-refractivity contribution in [3.8, 4) is 0 Å². The zero-order chi connectivity index (χ0) is 15.7. The van der Waals surface area contributed by atoms with Gasteiger partial charge in [-0.1, -0.05) is 13.3 Å². The maximum absolute atomic E-state index is 13.8. The number of hydrogen-bond donors (Lipinski definition) is 1. The number of rotatable bonds is 6. The molecular weight excluding hydrogens is 317 g/mol. The van der Waals surface area contributed by atoms with Gasteiger partial charge in [-0.2, -0.15) is 0 Å². The summed E-state index contributed by atoms with van der Waals surface area (Å²) in [5, 5.41) is 2.72. The number of carbonyl (C=O) groups excluding carboxylic acids is 1. The van der Waals surface area contributed by atoms with Crippen molar-refractivity contribution in [1.82, 2.24) is 5.32 Å². The lowest BCUT2D eigenvalue weighted by atomic mass is 10.0. The first kappa shape index (κ1) is 16.2. The maximum atomic E-state index is 13.8. The van der Waals surface area contributed by atoms with Crippen LogP contribution in [0.1, 0.15) is 43.0 Å². The minimum Gasteiger partial charge on any atom is -0.351 e.